The van der Waals surface area contributed by atoms with Crippen LogP contribution in [0.1, 0.15) is 21.5 Å². The van der Waals surface area contributed by atoms with Crippen LogP contribution in [0.2, 0.25) is 5.02 Å². The van der Waals surface area contributed by atoms with Crippen LogP contribution in [0.3, 0.4) is 0 Å². The van der Waals surface area contributed by atoms with E-state index >= 15 is 0 Å². The number of nitrogens with one attached hydrogen (secondary N) is 2. The molecule has 1 amide bonds. The molecule has 112 valence electrons. The van der Waals surface area contributed by atoms with Gasteiger partial charge in [0.1, 0.15) is 5.82 Å². The fourth-order valence-corrected chi connectivity index (χ4v) is 2.90. The van der Waals surface area contributed by atoms with E-state index in [9.17, 15) is 9.18 Å². The van der Waals surface area contributed by atoms with Gasteiger partial charge in [0, 0.05) is 17.1 Å². The molecule has 0 aliphatic heterocycles. The van der Waals surface area contributed by atoms with Crippen molar-refractivity contribution in [3.8, 4) is 0 Å². The molecule has 0 aliphatic carbocycles. The van der Waals surface area contributed by atoms with Gasteiger partial charge < -0.3 is 10.3 Å². The highest BCUT2D eigenvalue weighted by Crippen LogP contribution is 2.28. The normalized spacial score (nSPS) is 10.9. The van der Waals surface area contributed by atoms with Crippen LogP contribution >= 0.6 is 11.6 Å². The summed E-state index contributed by atoms with van der Waals surface area (Å²) in [7, 11) is 0. The second-order valence-corrected chi connectivity index (χ2v) is 5.69. The van der Waals surface area contributed by atoms with Crippen molar-refractivity contribution in [3.63, 3.8) is 0 Å². The van der Waals surface area contributed by atoms with E-state index in [0.717, 1.165) is 11.1 Å². The molecular formula is C17H14ClFN2O. The van der Waals surface area contributed by atoms with E-state index in [1.165, 1.54) is 12.1 Å². The Kier molecular flexibility index (Phi) is 3.62. The van der Waals surface area contributed by atoms with E-state index in [1.807, 2.05) is 19.9 Å². The number of aromatic amines is 1. The van der Waals surface area contributed by atoms with E-state index in [0.29, 0.717) is 27.2 Å². The minimum absolute atomic E-state index is 0.328. The maximum atomic E-state index is 13.4. The van der Waals surface area contributed by atoms with Crippen molar-refractivity contribution < 1.29 is 9.18 Å². The summed E-state index contributed by atoms with van der Waals surface area (Å²) < 4.78 is 13.4. The first-order chi connectivity index (χ1) is 10.5. The standard InChI is InChI=1S/C17H14ClFN2O/c1-9-5-10(2)16(14(18)6-9)21-17(22)13-8-20-15-4-3-11(19)7-12(13)15/h3-8,20H,1-2H3,(H,21,22). The number of amides is 1. The second kappa shape index (κ2) is 5.46. The Morgan fingerprint density at radius 1 is 1.23 bits per heavy atom. The van der Waals surface area contributed by atoms with Gasteiger partial charge in [0.25, 0.3) is 5.91 Å². The summed E-state index contributed by atoms with van der Waals surface area (Å²) in [5, 5.41) is 3.83. The first-order valence-corrected chi connectivity index (χ1v) is 7.18. The number of rotatable bonds is 2. The zero-order valence-electron chi connectivity index (χ0n) is 12.1. The van der Waals surface area contributed by atoms with Gasteiger partial charge in [0.05, 0.1) is 16.3 Å². The summed E-state index contributed by atoms with van der Waals surface area (Å²) in [6.07, 6.45) is 1.57. The molecule has 0 bridgehead atoms. The van der Waals surface area contributed by atoms with Gasteiger partial charge in [0.2, 0.25) is 0 Å². The average Bonchev–Trinajstić information content (AvgIpc) is 2.85. The Balaban J connectivity index is 1.99. The maximum absolute atomic E-state index is 13.4. The maximum Gasteiger partial charge on any atom is 0.257 e. The highest BCUT2D eigenvalue weighted by Gasteiger charge is 2.15. The molecule has 0 unspecified atom stereocenters. The van der Waals surface area contributed by atoms with Gasteiger partial charge in [-0.2, -0.15) is 0 Å². The fourth-order valence-electron chi connectivity index (χ4n) is 2.54. The van der Waals surface area contributed by atoms with Crippen molar-refractivity contribution in [3.05, 3.63) is 64.1 Å². The smallest absolute Gasteiger partial charge is 0.257 e. The summed E-state index contributed by atoms with van der Waals surface area (Å²) in [5.74, 6) is -0.712. The minimum atomic E-state index is -0.384. The third-order valence-corrected chi connectivity index (χ3v) is 3.86. The zero-order chi connectivity index (χ0) is 15.9. The first kappa shape index (κ1) is 14.6. The number of hydrogen-bond donors (Lipinski definition) is 2. The van der Waals surface area contributed by atoms with Gasteiger partial charge in [-0.05, 0) is 49.2 Å². The summed E-state index contributed by atoms with van der Waals surface area (Å²) in [4.78, 5) is 15.4. The second-order valence-electron chi connectivity index (χ2n) is 5.29. The lowest BCUT2D eigenvalue weighted by Crippen LogP contribution is -2.13. The van der Waals surface area contributed by atoms with Crippen LogP contribution in [0.4, 0.5) is 10.1 Å². The molecule has 3 rings (SSSR count). The molecule has 1 aromatic heterocycles. The van der Waals surface area contributed by atoms with Crippen LogP contribution in [0.15, 0.2) is 36.5 Å². The highest BCUT2D eigenvalue weighted by molar-refractivity contribution is 6.34. The number of H-pyrrole nitrogens is 1. The van der Waals surface area contributed by atoms with E-state index in [2.05, 4.69) is 10.3 Å². The zero-order valence-corrected chi connectivity index (χ0v) is 12.9. The molecule has 2 aromatic carbocycles. The Hall–Kier alpha value is -2.33. The lowest BCUT2D eigenvalue weighted by molar-refractivity contribution is 0.102. The van der Waals surface area contributed by atoms with Crippen LogP contribution in [-0.4, -0.2) is 10.9 Å². The third kappa shape index (κ3) is 2.57. The topological polar surface area (TPSA) is 44.9 Å². The molecule has 0 aliphatic rings. The van der Waals surface area contributed by atoms with E-state index in [-0.39, 0.29) is 11.7 Å². The van der Waals surface area contributed by atoms with Gasteiger partial charge in [0.15, 0.2) is 0 Å². The summed E-state index contributed by atoms with van der Waals surface area (Å²) in [6.45, 7) is 3.82. The monoisotopic (exact) mass is 316 g/mol. The lowest BCUT2D eigenvalue weighted by Gasteiger charge is -2.11. The number of fused-ring (bicyclic) bond motifs is 1. The highest BCUT2D eigenvalue weighted by atomic mass is 35.5. The molecule has 3 aromatic rings. The molecule has 5 heteroatoms. The summed E-state index contributed by atoms with van der Waals surface area (Å²) >= 11 is 6.20. The van der Waals surface area contributed by atoms with Crippen molar-refractivity contribution in [2.75, 3.05) is 5.32 Å². The predicted molar refractivity (Wildman–Crippen MR) is 87.1 cm³/mol. The molecule has 0 spiro atoms. The quantitative estimate of drug-likeness (QED) is 0.699. The fraction of sp³-hybridized carbons (Fsp3) is 0.118. The van der Waals surface area contributed by atoms with Gasteiger partial charge in [-0.25, -0.2) is 4.39 Å². The summed E-state index contributed by atoms with van der Waals surface area (Å²) in [6, 6.07) is 8.02. The number of carbonyl (C=O) groups is 1. The van der Waals surface area contributed by atoms with Crippen LogP contribution in [0.5, 0.6) is 0 Å². The number of aromatic nitrogens is 1. The van der Waals surface area contributed by atoms with Gasteiger partial charge >= 0.3 is 0 Å². The molecule has 3 nitrogen and oxygen atoms in total. The van der Waals surface area contributed by atoms with Crippen LogP contribution < -0.4 is 5.32 Å². The molecule has 0 fully saturated rings. The first-order valence-electron chi connectivity index (χ1n) is 6.80. The molecule has 0 radical (unpaired) electrons. The number of benzene rings is 2. The lowest BCUT2D eigenvalue weighted by atomic mass is 10.1. The summed E-state index contributed by atoms with van der Waals surface area (Å²) in [5.41, 5.74) is 3.56. The SMILES string of the molecule is Cc1cc(C)c(NC(=O)c2c[nH]c3ccc(F)cc23)c(Cl)c1. The molecule has 22 heavy (non-hydrogen) atoms. The van der Waals surface area contributed by atoms with Gasteiger partial charge in [-0.3, -0.25) is 4.79 Å². The van der Waals surface area contributed by atoms with E-state index in [1.54, 1.807) is 18.3 Å². The van der Waals surface area contributed by atoms with E-state index < -0.39 is 0 Å². The van der Waals surface area contributed by atoms with Crippen molar-refractivity contribution in [2.24, 2.45) is 0 Å². The Labute approximate surface area is 132 Å². The van der Waals surface area contributed by atoms with Crippen LogP contribution in [0, 0.1) is 19.7 Å². The van der Waals surface area contributed by atoms with Crippen molar-refractivity contribution in [1.82, 2.24) is 4.98 Å². The van der Waals surface area contributed by atoms with Gasteiger partial charge in [-0.1, -0.05) is 17.7 Å². The largest absolute Gasteiger partial charge is 0.360 e. The molecule has 0 saturated heterocycles. The molecular weight excluding hydrogens is 303 g/mol. The number of hydrogen-bond acceptors (Lipinski definition) is 1. The van der Waals surface area contributed by atoms with Gasteiger partial charge in [-0.15, -0.1) is 0 Å². The predicted octanol–water partition coefficient (Wildman–Crippen LogP) is 4.83. The Morgan fingerprint density at radius 2 is 2.00 bits per heavy atom. The Morgan fingerprint density at radius 3 is 2.73 bits per heavy atom. The van der Waals surface area contributed by atoms with E-state index in [4.69, 9.17) is 11.6 Å². The van der Waals surface area contributed by atoms with Crippen molar-refractivity contribution >= 4 is 34.1 Å². The molecule has 0 saturated carbocycles. The van der Waals surface area contributed by atoms with Crippen LogP contribution in [-0.2, 0) is 0 Å². The Bertz CT molecular complexity index is 862. The molecule has 0 atom stereocenters. The molecule has 1 heterocycles. The average molecular weight is 317 g/mol. The number of aryl methyl sites for hydroxylation is 2. The number of anilines is 1. The third-order valence-electron chi connectivity index (χ3n) is 3.56. The minimum Gasteiger partial charge on any atom is -0.360 e. The van der Waals surface area contributed by atoms with Crippen molar-refractivity contribution in [2.45, 2.75) is 13.8 Å². The van der Waals surface area contributed by atoms with Crippen LogP contribution in [0.25, 0.3) is 10.9 Å². The number of carbonyl (C=O) groups excluding carboxylic acids is 1. The number of halogens is 2. The van der Waals surface area contributed by atoms with Crippen molar-refractivity contribution in [1.29, 1.82) is 0 Å². The molecule has 2 N–H and O–H groups in total.